The average molecular weight is 277 g/mol. The first-order chi connectivity index (χ1) is 9.56. The number of carbonyl (C=O) groups is 1. The van der Waals surface area contributed by atoms with E-state index in [1.807, 2.05) is 13.8 Å². The zero-order chi connectivity index (χ0) is 14.7. The quantitative estimate of drug-likeness (QED) is 0.878. The molecule has 0 saturated carbocycles. The molecular weight excluding hydrogens is 254 g/mol. The number of nitrogens with one attached hydrogen (secondary N) is 1. The molecule has 1 saturated heterocycles. The van der Waals surface area contributed by atoms with Gasteiger partial charge in [-0.15, -0.1) is 0 Å². The SMILES string of the molecule is CCNc1cc(C(=O)N2CCC(C)C2CO)cc(C)n1. The Bertz CT molecular complexity index is 490. The minimum atomic E-state index is -0.0708. The summed E-state index contributed by atoms with van der Waals surface area (Å²) in [5, 5.41) is 12.6. The van der Waals surface area contributed by atoms with Crippen molar-refractivity contribution in [3.63, 3.8) is 0 Å². The smallest absolute Gasteiger partial charge is 0.254 e. The molecule has 0 aliphatic carbocycles. The van der Waals surface area contributed by atoms with Gasteiger partial charge in [0.25, 0.3) is 5.91 Å². The summed E-state index contributed by atoms with van der Waals surface area (Å²) in [7, 11) is 0. The van der Waals surface area contributed by atoms with Gasteiger partial charge >= 0.3 is 0 Å². The molecule has 1 fully saturated rings. The zero-order valence-corrected chi connectivity index (χ0v) is 12.4. The Hall–Kier alpha value is -1.62. The second-order valence-corrected chi connectivity index (χ2v) is 5.43. The highest BCUT2D eigenvalue weighted by atomic mass is 16.3. The fourth-order valence-corrected chi connectivity index (χ4v) is 2.77. The first-order valence-electron chi connectivity index (χ1n) is 7.21. The molecule has 2 N–H and O–H groups in total. The van der Waals surface area contributed by atoms with Crippen LogP contribution >= 0.6 is 0 Å². The van der Waals surface area contributed by atoms with Crippen molar-refractivity contribution in [2.24, 2.45) is 5.92 Å². The topological polar surface area (TPSA) is 65.5 Å². The van der Waals surface area contributed by atoms with E-state index >= 15 is 0 Å². The molecule has 2 unspecified atom stereocenters. The number of aliphatic hydroxyl groups excluding tert-OH is 1. The van der Waals surface area contributed by atoms with Gasteiger partial charge in [-0.3, -0.25) is 4.79 Å². The lowest BCUT2D eigenvalue weighted by molar-refractivity contribution is 0.0648. The van der Waals surface area contributed by atoms with Crippen LogP contribution in [0.2, 0.25) is 0 Å². The zero-order valence-electron chi connectivity index (χ0n) is 12.4. The lowest BCUT2D eigenvalue weighted by Gasteiger charge is -2.25. The Balaban J connectivity index is 2.24. The first kappa shape index (κ1) is 14.8. The Morgan fingerprint density at radius 3 is 2.95 bits per heavy atom. The third-order valence-electron chi connectivity index (χ3n) is 3.89. The summed E-state index contributed by atoms with van der Waals surface area (Å²) >= 11 is 0. The van der Waals surface area contributed by atoms with Gasteiger partial charge in [0.15, 0.2) is 0 Å². The van der Waals surface area contributed by atoms with E-state index in [0.29, 0.717) is 18.0 Å². The Morgan fingerprint density at radius 2 is 2.30 bits per heavy atom. The molecule has 0 bridgehead atoms. The number of amides is 1. The highest BCUT2D eigenvalue weighted by molar-refractivity contribution is 5.95. The van der Waals surface area contributed by atoms with Crippen molar-refractivity contribution >= 4 is 11.7 Å². The molecule has 1 aromatic rings. The number of aliphatic hydroxyl groups is 1. The number of hydrogen-bond acceptors (Lipinski definition) is 4. The first-order valence-corrected chi connectivity index (χ1v) is 7.21. The van der Waals surface area contributed by atoms with Crippen molar-refractivity contribution in [1.82, 2.24) is 9.88 Å². The predicted octanol–water partition coefficient (Wildman–Crippen LogP) is 1.66. The van der Waals surface area contributed by atoms with Gasteiger partial charge in [0, 0.05) is 24.3 Å². The summed E-state index contributed by atoms with van der Waals surface area (Å²) in [6.07, 6.45) is 0.946. The number of nitrogens with zero attached hydrogens (tertiary/aromatic N) is 2. The van der Waals surface area contributed by atoms with Crippen LogP contribution in [0.4, 0.5) is 5.82 Å². The summed E-state index contributed by atoms with van der Waals surface area (Å²) in [4.78, 5) is 18.8. The van der Waals surface area contributed by atoms with Crippen LogP contribution in [0.15, 0.2) is 12.1 Å². The maximum absolute atomic E-state index is 12.6. The summed E-state index contributed by atoms with van der Waals surface area (Å²) in [5.74, 6) is 1.06. The third kappa shape index (κ3) is 2.93. The number of aromatic nitrogens is 1. The Labute approximate surface area is 120 Å². The van der Waals surface area contributed by atoms with Crippen LogP contribution in [0.25, 0.3) is 0 Å². The molecule has 1 amide bonds. The van der Waals surface area contributed by atoms with Gasteiger partial charge in [-0.25, -0.2) is 4.98 Å². The van der Waals surface area contributed by atoms with Crippen LogP contribution in [-0.2, 0) is 0 Å². The minimum absolute atomic E-state index is 0.0157. The van der Waals surface area contributed by atoms with Gasteiger partial charge < -0.3 is 15.3 Å². The van der Waals surface area contributed by atoms with Crippen molar-refractivity contribution < 1.29 is 9.90 Å². The summed E-state index contributed by atoms with van der Waals surface area (Å²) < 4.78 is 0. The average Bonchev–Trinajstić information content (AvgIpc) is 2.78. The maximum Gasteiger partial charge on any atom is 0.254 e. The summed E-state index contributed by atoms with van der Waals surface area (Å²) in [6, 6.07) is 3.52. The molecule has 5 nitrogen and oxygen atoms in total. The van der Waals surface area contributed by atoms with E-state index in [1.165, 1.54) is 0 Å². The third-order valence-corrected chi connectivity index (χ3v) is 3.89. The van der Waals surface area contributed by atoms with E-state index in [9.17, 15) is 9.90 Å². The lowest BCUT2D eigenvalue weighted by atomic mass is 10.0. The second kappa shape index (κ2) is 6.22. The molecule has 1 aliphatic heterocycles. The molecule has 20 heavy (non-hydrogen) atoms. The molecule has 0 radical (unpaired) electrons. The van der Waals surface area contributed by atoms with E-state index in [1.54, 1.807) is 17.0 Å². The highest BCUT2D eigenvalue weighted by Gasteiger charge is 2.34. The molecule has 2 atom stereocenters. The van der Waals surface area contributed by atoms with Crippen LogP contribution in [-0.4, -0.2) is 46.6 Å². The van der Waals surface area contributed by atoms with Crippen molar-refractivity contribution in [1.29, 1.82) is 0 Å². The number of pyridine rings is 1. The van der Waals surface area contributed by atoms with Crippen molar-refractivity contribution in [3.05, 3.63) is 23.4 Å². The van der Waals surface area contributed by atoms with Gasteiger partial charge in [-0.05, 0) is 38.3 Å². The van der Waals surface area contributed by atoms with Crippen LogP contribution in [0.3, 0.4) is 0 Å². The molecule has 2 heterocycles. The molecule has 0 spiro atoms. The fourth-order valence-electron chi connectivity index (χ4n) is 2.77. The lowest BCUT2D eigenvalue weighted by Crippen LogP contribution is -2.39. The van der Waals surface area contributed by atoms with E-state index < -0.39 is 0 Å². The van der Waals surface area contributed by atoms with Crippen molar-refractivity contribution in [3.8, 4) is 0 Å². The second-order valence-electron chi connectivity index (χ2n) is 5.43. The Kier molecular flexibility index (Phi) is 4.60. The van der Waals surface area contributed by atoms with Gasteiger partial charge in [0.1, 0.15) is 5.82 Å². The van der Waals surface area contributed by atoms with Gasteiger partial charge in [-0.1, -0.05) is 6.92 Å². The molecule has 0 aromatic carbocycles. The standard InChI is InChI=1S/C15H23N3O2/c1-4-16-14-8-12(7-11(3)17-14)15(20)18-6-5-10(2)13(18)9-19/h7-8,10,13,19H,4-6,9H2,1-3H3,(H,16,17). The van der Waals surface area contributed by atoms with Crippen LogP contribution in [0.1, 0.15) is 36.3 Å². The number of carbonyl (C=O) groups excluding carboxylic acids is 1. The van der Waals surface area contributed by atoms with Crippen LogP contribution < -0.4 is 5.32 Å². The van der Waals surface area contributed by atoms with Gasteiger partial charge in [-0.2, -0.15) is 0 Å². The monoisotopic (exact) mass is 277 g/mol. The van der Waals surface area contributed by atoms with E-state index in [4.69, 9.17) is 0 Å². The number of anilines is 1. The van der Waals surface area contributed by atoms with Gasteiger partial charge in [0.05, 0.1) is 12.6 Å². The normalized spacial score (nSPS) is 22.1. The molecular formula is C15H23N3O2. The molecule has 5 heteroatoms. The molecule has 110 valence electrons. The maximum atomic E-state index is 12.6. The fraction of sp³-hybridized carbons (Fsp3) is 0.600. The summed E-state index contributed by atoms with van der Waals surface area (Å²) in [6.45, 7) is 7.46. The van der Waals surface area contributed by atoms with E-state index in [0.717, 1.165) is 24.5 Å². The molecule has 2 rings (SSSR count). The number of rotatable bonds is 4. The summed E-state index contributed by atoms with van der Waals surface area (Å²) in [5.41, 5.74) is 1.46. The number of likely N-dealkylation sites (tertiary alicyclic amines) is 1. The largest absolute Gasteiger partial charge is 0.394 e. The van der Waals surface area contributed by atoms with Gasteiger partial charge in [0.2, 0.25) is 0 Å². The van der Waals surface area contributed by atoms with E-state index in [2.05, 4.69) is 17.2 Å². The van der Waals surface area contributed by atoms with Crippen LogP contribution in [0.5, 0.6) is 0 Å². The van der Waals surface area contributed by atoms with Crippen molar-refractivity contribution in [2.45, 2.75) is 33.2 Å². The van der Waals surface area contributed by atoms with E-state index in [-0.39, 0.29) is 18.6 Å². The molecule has 1 aliphatic rings. The minimum Gasteiger partial charge on any atom is -0.394 e. The highest BCUT2D eigenvalue weighted by Crippen LogP contribution is 2.26. The Morgan fingerprint density at radius 1 is 1.55 bits per heavy atom. The predicted molar refractivity (Wildman–Crippen MR) is 78.8 cm³/mol. The van der Waals surface area contributed by atoms with Crippen LogP contribution in [0, 0.1) is 12.8 Å². The number of aryl methyl sites for hydroxylation is 1. The molecule has 1 aromatic heterocycles. The van der Waals surface area contributed by atoms with Crippen molar-refractivity contribution in [2.75, 3.05) is 25.0 Å². The number of hydrogen-bond donors (Lipinski definition) is 2.